The number of aliphatic hydroxyl groups is 1. The molecule has 78 valence electrons. The van der Waals surface area contributed by atoms with E-state index in [0.717, 1.165) is 0 Å². The molecule has 1 rings (SSSR count). The van der Waals surface area contributed by atoms with Crippen LogP contribution in [-0.4, -0.2) is 29.8 Å². The van der Waals surface area contributed by atoms with Crippen molar-refractivity contribution in [3.63, 3.8) is 0 Å². The molecule has 0 aromatic rings. The van der Waals surface area contributed by atoms with Gasteiger partial charge in [-0.1, -0.05) is 0 Å². The van der Waals surface area contributed by atoms with Crippen LogP contribution in [-0.2, 0) is 4.74 Å². The average molecular weight is 259 g/mol. The Labute approximate surface area is 84.4 Å². The molecule has 0 radical (unpaired) electrons. The van der Waals surface area contributed by atoms with Crippen LogP contribution in [0.3, 0.4) is 0 Å². The van der Waals surface area contributed by atoms with E-state index in [1.165, 1.54) is 7.11 Å². The molecule has 3 atom stereocenters. The summed E-state index contributed by atoms with van der Waals surface area (Å²) in [7, 11) is 1.53. The summed E-state index contributed by atoms with van der Waals surface area (Å²) >= 11 is 2.29. The summed E-state index contributed by atoms with van der Waals surface area (Å²) in [6, 6.07) is 0. The number of alkyl halides is 3. The number of methoxy groups -OCH3 is 1. The number of rotatable bonds is 3. The lowest BCUT2D eigenvalue weighted by Gasteiger charge is -2.19. The molecule has 0 aromatic carbocycles. The number of halogens is 3. The van der Waals surface area contributed by atoms with Gasteiger partial charge in [0.15, 0.2) is 0 Å². The molecule has 1 aliphatic rings. The Morgan fingerprint density at radius 1 is 1.54 bits per heavy atom. The fourth-order valence-corrected chi connectivity index (χ4v) is 2.33. The van der Waals surface area contributed by atoms with Crippen LogP contribution in [0.5, 0.6) is 0 Å². The third kappa shape index (κ3) is 2.86. The van der Waals surface area contributed by atoms with Crippen molar-refractivity contribution in [3.05, 3.63) is 0 Å². The van der Waals surface area contributed by atoms with Crippen LogP contribution >= 0.6 is 15.9 Å². The summed E-state index contributed by atoms with van der Waals surface area (Å²) < 4.78 is 30.5. The van der Waals surface area contributed by atoms with Gasteiger partial charge in [-0.2, -0.15) is 8.78 Å². The van der Waals surface area contributed by atoms with Crippen molar-refractivity contribution in [1.82, 2.24) is 0 Å². The Morgan fingerprint density at radius 3 is 2.54 bits per heavy atom. The lowest BCUT2D eigenvalue weighted by molar-refractivity contribution is -0.0118. The Balaban J connectivity index is 2.51. The summed E-state index contributed by atoms with van der Waals surface area (Å²) in [6.07, 6.45) is -0.207. The first-order chi connectivity index (χ1) is 5.95. The maximum absolute atomic E-state index is 12.8. The second kappa shape index (κ2) is 4.19. The second-order valence-electron chi connectivity index (χ2n) is 3.51. The molecule has 0 aliphatic heterocycles. The standard InChI is InChI=1S/C8H13BrF2O2/c1-13-4-5-2-6(7(12)3-5)8(9,10)11/h5-7,12H,2-4H2,1H3. The van der Waals surface area contributed by atoms with Crippen molar-refractivity contribution in [2.45, 2.75) is 23.8 Å². The van der Waals surface area contributed by atoms with Crippen molar-refractivity contribution in [3.8, 4) is 0 Å². The van der Waals surface area contributed by atoms with Crippen molar-refractivity contribution < 1.29 is 18.6 Å². The minimum Gasteiger partial charge on any atom is -0.393 e. The van der Waals surface area contributed by atoms with E-state index < -0.39 is 16.9 Å². The zero-order valence-electron chi connectivity index (χ0n) is 7.34. The quantitative estimate of drug-likeness (QED) is 0.785. The zero-order chi connectivity index (χ0) is 10.1. The van der Waals surface area contributed by atoms with Crippen molar-refractivity contribution in [2.75, 3.05) is 13.7 Å². The molecule has 1 N–H and O–H groups in total. The summed E-state index contributed by atoms with van der Waals surface area (Å²) in [5.41, 5.74) is 0. The van der Waals surface area contributed by atoms with E-state index in [0.29, 0.717) is 19.4 Å². The third-order valence-corrected chi connectivity index (χ3v) is 3.04. The third-order valence-electron chi connectivity index (χ3n) is 2.45. The van der Waals surface area contributed by atoms with Gasteiger partial charge in [-0.05, 0) is 34.7 Å². The molecule has 0 saturated heterocycles. The maximum atomic E-state index is 12.8. The van der Waals surface area contributed by atoms with Crippen LogP contribution < -0.4 is 0 Å². The number of aliphatic hydroxyl groups excluding tert-OH is 1. The summed E-state index contributed by atoms with van der Waals surface area (Å²) in [4.78, 5) is -2.96. The van der Waals surface area contributed by atoms with Gasteiger partial charge in [0.25, 0.3) is 0 Å². The van der Waals surface area contributed by atoms with Gasteiger partial charge in [-0.3, -0.25) is 0 Å². The number of hydrogen-bond acceptors (Lipinski definition) is 2. The van der Waals surface area contributed by atoms with E-state index in [9.17, 15) is 13.9 Å². The molecule has 13 heavy (non-hydrogen) atoms. The average Bonchev–Trinajstić information content (AvgIpc) is 2.30. The molecule has 0 aromatic heterocycles. The van der Waals surface area contributed by atoms with Gasteiger partial charge >= 0.3 is 4.83 Å². The minimum absolute atomic E-state index is 0.0495. The molecule has 1 saturated carbocycles. The Hall–Kier alpha value is 0.260. The van der Waals surface area contributed by atoms with Gasteiger partial charge in [0.2, 0.25) is 0 Å². The SMILES string of the molecule is COCC1CC(O)C(C(F)(F)Br)C1. The molecule has 2 nitrogen and oxygen atoms in total. The summed E-state index contributed by atoms with van der Waals surface area (Å²) in [5.74, 6) is -0.930. The highest BCUT2D eigenvalue weighted by molar-refractivity contribution is 9.10. The van der Waals surface area contributed by atoms with Gasteiger partial charge in [-0.15, -0.1) is 0 Å². The maximum Gasteiger partial charge on any atom is 0.306 e. The molecule has 0 heterocycles. The van der Waals surface area contributed by atoms with Crippen LogP contribution in [0.4, 0.5) is 8.78 Å². The van der Waals surface area contributed by atoms with E-state index >= 15 is 0 Å². The molecular formula is C8H13BrF2O2. The van der Waals surface area contributed by atoms with Crippen LogP contribution in [0, 0.1) is 11.8 Å². The van der Waals surface area contributed by atoms with Crippen LogP contribution in [0.25, 0.3) is 0 Å². The number of hydrogen-bond donors (Lipinski definition) is 1. The van der Waals surface area contributed by atoms with Gasteiger partial charge in [0.05, 0.1) is 12.0 Å². The second-order valence-corrected chi connectivity index (χ2v) is 4.57. The normalized spacial score (nSPS) is 35.3. The van der Waals surface area contributed by atoms with Crippen molar-refractivity contribution in [2.24, 2.45) is 11.8 Å². The van der Waals surface area contributed by atoms with Gasteiger partial charge in [-0.25, -0.2) is 0 Å². The molecule has 0 spiro atoms. The van der Waals surface area contributed by atoms with Crippen LogP contribution in [0.15, 0.2) is 0 Å². The Bertz CT molecular complexity index is 172. The molecule has 0 amide bonds. The van der Waals surface area contributed by atoms with E-state index in [2.05, 4.69) is 15.9 Å². The van der Waals surface area contributed by atoms with E-state index in [-0.39, 0.29) is 5.92 Å². The molecule has 0 bridgehead atoms. The lowest BCUT2D eigenvalue weighted by Crippen LogP contribution is -2.27. The summed E-state index contributed by atoms with van der Waals surface area (Å²) in [6.45, 7) is 0.441. The number of ether oxygens (including phenoxy) is 1. The zero-order valence-corrected chi connectivity index (χ0v) is 8.93. The first-order valence-electron chi connectivity index (χ1n) is 4.19. The fraction of sp³-hybridized carbons (Fsp3) is 1.00. The minimum atomic E-state index is -2.96. The van der Waals surface area contributed by atoms with E-state index in [1.54, 1.807) is 0 Å². The van der Waals surface area contributed by atoms with Gasteiger partial charge in [0.1, 0.15) is 0 Å². The molecule has 5 heteroatoms. The monoisotopic (exact) mass is 258 g/mol. The fourth-order valence-electron chi connectivity index (χ4n) is 1.84. The highest BCUT2D eigenvalue weighted by atomic mass is 79.9. The van der Waals surface area contributed by atoms with Gasteiger partial charge in [0, 0.05) is 13.7 Å². The largest absolute Gasteiger partial charge is 0.393 e. The summed E-state index contributed by atoms with van der Waals surface area (Å²) in [5, 5.41) is 9.36. The predicted octanol–water partition coefficient (Wildman–Crippen LogP) is 2.01. The smallest absolute Gasteiger partial charge is 0.306 e. The van der Waals surface area contributed by atoms with E-state index in [4.69, 9.17) is 4.74 Å². The van der Waals surface area contributed by atoms with Crippen molar-refractivity contribution >= 4 is 15.9 Å². The highest BCUT2D eigenvalue weighted by Crippen LogP contribution is 2.44. The molecule has 1 fully saturated rings. The predicted molar refractivity (Wildman–Crippen MR) is 48.0 cm³/mol. The Kier molecular flexibility index (Phi) is 3.65. The first kappa shape index (κ1) is 11.3. The van der Waals surface area contributed by atoms with E-state index in [1.807, 2.05) is 0 Å². The molecular weight excluding hydrogens is 246 g/mol. The van der Waals surface area contributed by atoms with Gasteiger partial charge < -0.3 is 9.84 Å². The Morgan fingerprint density at radius 2 is 2.15 bits per heavy atom. The topological polar surface area (TPSA) is 29.5 Å². The van der Waals surface area contributed by atoms with Crippen LogP contribution in [0.2, 0.25) is 0 Å². The lowest BCUT2D eigenvalue weighted by atomic mass is 10.1. The van der Waals surface area contributed by atoms with Crippen molar-refractivity contribution in [1.29, 1.82) is 0 Å². The van der Waals surface area contributed by atoms with Crippen LogP contribution in [0.1, 0.15) is 12.8 Å². The highest BCUT2D eigenvalue weighted by Gasteiger charge is 2.47. The molecule has 3 unspecified atom stereocenters. The molecule has 1 aliphatic carbocycles. The first-order valence-corrected chi connectivity index (χ1v) is 4.98.